The summed E-state index contributed by atoms with van der Waals surface area (Å²) in [5.74, 6) is 1.36. The summed E-state index contributed by atoms with van der Waals surface area (Å²) < 4.78 is 0. The van der Waals surface area contributed by atoms with E-state index in [0.29, 0.717) is 18.5 Å². The van der Waals surface area contributed by atoms with Crippen LogP contribution in [-0.4, -0.2) is 41.6 Å². The van der Waals surface area contributed by atoms with Gasteiger partial charge in [-0.15, -0.1) is 0 Å². The number of rotatable bonds is 7. The van der Waals surface area contributed by atoms with Gasteiger partial charge in [0.15, 0.2) is 0 Å². The van der Waals surface area contributed by atoms with E-state index < -0.39 is 0 Å². The van der Waals surface area contributed by atoms with Crippen molar-refractivity contribution in [2.45, 2.75) is 44.3 Å². The number of pyridine rings is 2. The van der Waals surface area contributed by atoms with E-state index in [1.54, 1.807) is 6.20 Å². The van der Waals surface area contributed by atoms with Crippen LogP contribution in [0.15, 0.2) is 42.7 Å². The Morgan fingerprint density at radius 1 is 1.18 bits per heavy atom. The van der Waals surface area contributed by atoms with E-state index in [1.165, 1.54) is 6.42 Å². The van der Waals surface area contributed by atoms with E-state index in [1.807, 2.05) is 43.6 Å². The van der Waals surface area contributed by atoms with Gasteiger partial charge in [0.1, 0.15) is 11.9 Å². The van der Waals surface area contributed by atoms with Crippen LogP contribution in [0.25, 0.3) is 0 Å². The Morgan fingerprint density at radius 2 is 2.07 bits per heavy atom. The first kappa shape index (κ1) is 18.8. The summed E-state index contributed by atoms with van der Waals surface area (Å²) in [7, 11) is 2.03. The highest BCUT2D eigenvalue weighted by Gasteiger charge is 2.42. The third-order valence-electron chi connectivity index (χ3n) is 5.82. The molecule has 148 valence electrons. The van der Waals surface area contributed by atoms with Gasteiger partial charge in [-0.1, -0.05) is 18.6 Å². The average Bonchev–Trinajstić information content (AvgIpc) is 3.35. The Labute approximate surface area is 165 Å². The maximum atomic E-state index is 12.7. The number of fused-ring (bicyclic) bond motifs is 1. The van der Waals surface area contributed by atoms with Gasteiger partial charge < -0.3 is 10.2 Å². The normalized spacial score (nSPS) is 23.4. The summed E-state index contributed by atoms with van der Waals surface area (Å²) in [6.45, 7) is 1.29. The summed E-state index contributed by atoms with van der Waals surface area (Å²) in [6.07, 6.45) is 7.91. The minimum atomic E-state index is -0.144. The van der Waals surface area contributed by atoms with Gasteiger partial charge in [0, 0.05) is 62.2 Å². The molecule has 3 unspecified atom stereocenters. The summed E-state index contributed by atoms with van der Waals surface area (Å²) in [4.78, 5) is 23.7. The smallest absolute Gasteiger partial charge is 0.239 e. The number of aromatic nitrogens is 2. The zero-order valence-electron chi connectivity index (χ0n) is 16.3. The average molecular weight is 380 g/mol. The van der Waals surface area contributed by atoms with Crippen LogP contribution in [0, 0.1) is 5.92 Å². The first-order valence-electron chi connectivity index (χ1n) is 10.1. The standard InChI is InChI=1S/C21H28N6O/c1-27(13-10-16-7-2-3-11-22-16)20-15(6-5-12-23-20)14-24-21(28)19-17-8-4-9-18(17)25-26-19/h2-3,5-7,11-12,17-19,25-26H,4,8-10,13-14H2,1H3,(H,24,28). The fourth-order valence-corrected chi connectivity index (χ4v) is 4.27. The van der Waals surface area contributed by atoms with Crippen molar-refractivity contribution in [3.63, 3.8) is 0 Å². The molecule has 2 aromatic rings. The lowest BCUT2D eigenvalue weighted by Gasteiger charge is -2.22. The lowest BCUT2D eigenvalue weighted by Crippen LogP contribution is -2.45. The minimum Gasteiger partial charge on any atom is -0.359 e. The first-order valence-corrected chi connectivity index (χ1v) is 10.1. The van der Waals surface area contributed by atoms with Crippen molar-refractivity contribution < 1.29 is 4.79 Å². The second-order valence-corrected chi connectivity index (χ2v) is 7.66. The van der Waals surface area contributed by atoms with Crippen molar-refractivity contribution in [2.75, 3.05) is 18.5 Å². The molecule has 0 aromatic carbocycles. The third kappa shape index (κ3) is 4.15. The van der Waals surface area contributed by atoms with Crippen LogP contribution in [0.1, 0.15) is 30.5 Å². The van der Waals surface area contributed by atoms with E-state index >= 15 is 0 Å². The van der Waals surface area contributed by atoms with Gasteiger partial charge in [-0.2, -0.15) is 0 Å². The molecule has 2 aliphatic rings. The highest BCUT2D eigenvalue weighted by Crippen LogP contribution is 2.31. The van der Waals surface area contributed by atoms with Crippen molar-refractivity contribution in [3.05, 3.63) is 54.0 Å². The maximum Gasteiger partial charge on any atom is 0.239 e. The summed E-state index contributed by atoms with van der Waals surface area (Å²) in [5, 5.41) is 3.10. The second-order valence-electron chi connectivity index (χ2n) is 7.66. The third-order valence-corrected chi connectivity index (χ3v) is 5.82. The number of likely N-dealkylation sites (N-methyl/N-ethyl adjacent to an activating group) is 1. The summed E-state index contributed by atoms with van der Waals surface area (Å²) in [5.41, 5.74) is 8.53. The molecule has 0 radical (unpaired) electrons. The van der Waals surface area contributed by atoms with Crippen molar-refractivity contribution in [3.8, 4) is 0 Å². The Morgan fingerprint density at radius 3 is 2.93 bits per heavy atom. The van der Waals surface area contributed by atoms with E-state index in [-0.39, 0.29) is 11.9 Å². The molecule has 7 nitrogen and oxygen atoms in total. The molecular weight excluding hydrogens is 352 g/mol. The molecule has 0 spiro atoms. The molecule has 7 heteroatoms. The van der Waals surface area contributed by atoms with E-state index in [9.17, 15) is 4.79 Å². The predicted molar refractivity (Wildman–Crippen MR) is 108 cm³/mol. The summed E-state index contributed by atoms with van der Waals surface area (Å²) in [6, 6.07) is 10.2. The van der Waals surface area contributed by atoms with Crippen molar-refractivity contribution in [1.82, 2.24) is 26.1 Å². The SMILES string of the molecule is CN(CCc1ccccn1)c1ncccc1CNC(=O)C1NNC2CCCC21. The lowest BCUT2D eigenvalue weighted by atomic mass is 9.96. The van der Waals surface area contributed by atoms with Crippen molar-refractivity contribution in [1.29, 1.82) is 0 Å². The van der Waals surface area contributed by atoms with Crippen LogP contribution in [0.3, 0.4) is 0 Å². The number of hydrogen-bond donors (Lipinski definition) is 3. The lowest BCUT2D eigenvalue weighted by molar-refractivity contribution is -0.123. The molecule has 2 fully saturated rings. The topological polar surface area (TPSA) is 82.2 Å². The monoisotopic (exact) mass is 380 g/mol. The summed E-state index contributed by atoms with van der Waals surface area (Å²) >= 11 is 0. The molecule has 1 amide bonds. The molecule has 4 rings (SSSR count). The number of anilines is 1. The second kappa shape index (κ2) is 8.67. The number of amides is 1. The van der Waals surface area contributed by atoms with Crippen molar-refractivity contribution in [2.24, 2.45) is 5.92 Å². The van der Waals surface area contributed by atoms with Crippen LogP contribution in [0.2, 0.25) is 0 Å². The Balaban J connectivity index is 1.35. The molecule has 0 bridgehead atoms. The fraction of sp³-hybridized carbons (Fsp3) is 0.476. The van der Waals surface area contributed by atoms with Gasteiger partial charge in [0.25, 0.3) is 0 Å². The highest BCUT2D eigenvalue weighted by molar-refractivity contribution is 5.82. The van der Waals surface area contributed by atoms with Gasteiger partial charge in [-0.05, 0) is 31.0 Å². The molecular formula is C21H28N6O. The van der Waals surface area contributed by atoms with Gasteiger partial charge in [-0.25, -0.2) is 10.4 Å². The van der Waals surface area contributed by atoms with Crippen LogP contribution >= 0.6 is 0 Å². The largest absolute Gasteiger partial charge is 0.359 e. The van der Waals surface area contributed by atoms with Gasteiger partial charge in [-0.3, -0.25) is 15.2 Å². The number of hydrazine groups is 1. The predicted octanol–water partition coefficient (Wildman–Crippen LogP) is 1.42. The molecule has 1 saturated carbocycles. The number of nitrogens with zero attached hydrogens (tertiary/aromatic N) is 3. The molecule has 3 heterocycles. The molecule has 3 atom stereocenters. The zero-order chi connectivity index (χ0) is 19.3. The van der Waals surface area contributed by atoms with E-state index in [0.717, 1.165) is 42.9 Å². The van der Waals surface area contributed by atoms with Crippen LogP contribution in [0.5, 0.6) is 0 Å². The first-order chi connectivity index (χ1) is 13.7. The van der Waals surface area contributed by atoms with E-state index in [2.05, 4.69) is 31.0 Å². The highest BCUT2D eigenvalue weighted by atomic mass is 16.2. The van der Waals surface area contributed by atoms with Crippen LogP contribution in [-0.2, 0) is 17.8 Å². The maximum absolute atomic E-state index is 12.7. The minimum absolute atomic E-state index is 0.0628. The Bertz CT molecular complexity index is 798. The van der Waals surface area contributed by atoms with Crippen LogP contribution in [0.4, 0.5) is 5.82 Å². The Hall–Kier alpha value is -2.51. The molecule has 1 aliphatic heterocycles. The zero-order valence-corrected chi connectivity index (χ0v) is 16.3. The van der Waals surface area contributed by atoms with Crippen LogP contribution < -0.4 is 21.1 Å². The fourth-order valence-electron chi connectivity index (χ4n) is 4.27. The Kier molecular flexibility index (Phi) is 5.83. The number of carbonyl (C=O) groups excluding carboxylic acids is 1. The van der Waals surface area contributed by atoms with Gasteiger partial charge in [0.2, 0.25) is 5.91 Å². The molecule has 1 saturated heterocycles. The number of carbonyl (C=O) groups is 1. The molecule has 28 heavy (non-hydrogen) atoms. The number of nitrogens with one attached hydrogen (secondary N) is 3. The number of hydrogen-bond acceptors (Lipinski definition) is 6. The molecule has 3 N–H and O–H groups in total. The van der Waals surface area contributed by atoms with Gasteiger partial charge >= 0.3 is 0 Å². The van der Waals surface area contributed by atoms with Crippen molar-refractivity contribution >= 4 is 11.7 Å². The molecule has 1 aliphatic carbocycles. The quantitative estimate of drug-likeness (QED) is 0.674. The van der Waals surface area contributed by atoms with E-state index in [4.69, 9.17) is 0 Å². The molecule has 2 aromatic heterocycles. The van der Waals surface area contributed by atoms with Gasteiger partial charge in [0.05, 0.1) is 0 Å².